The number of H-pyrrole nitrogens is 1. The van der Waals surface area contributed by atoms with Crippen LogP contribution in [0.4, 0.5) is 5.69 Å². The van der Waals surface area contributed by atoms with Crippen molar-refractivity contribution in [2.75, 3.05) is 11.3 Å². The van der Waals surface area contributed by atoms with Crippen molar-refractivity contribution in [1.29, 1.82) is 0 Å². The van der Waals surface area contributed by atoms with Gasteiger partial charge in [-0.3, -0.25) is 4.79 Å². The summed E-state index contributed by atoms with van der Waals surface area (Å²) in [5.41, 5.74) is 2.40. The summed E-state index contributed by atoms with van der Waals surface area (Å²) in [5.74, 6) is 0.374. The van der Waals surface area contributed by atoms with E-state index < -0.39 is 0 Å². The first-order valence-electron chi connectivity index (χ1n) is 8.22. The van der Waals surface area contributed by atoms with Crippen molar-refractivity contribution in [2.45, 2.75) is 18.7 Å². The lowest BCUT2D eigenvalue weighted by Gasteiger charge is -2.09. The molecule has 0 bridgehead atoms. The van der Waals surface area contributed by atoms with Gasteiger partial charge in [-0.25, -0.2) is 0 Å². The van der Waals surface area contributed by atoms with Crippen molar-refractivity contribution in [3.8, 4) is 0 Å². The zero-order chi connectivity index (χ0) is 18.7. The maximum atomic E-state index is 12.1. The zero-order valence-corrected chi connectivity index (χ0v) is 16.7. The van der Waals surface area contributed by atoms with Crippen molar-refractivity contribution in [3.63, 3.8) is 0 Å². The van der Waals surface area contributed by atoms with Gasteiger partial charge in [0.1, 0.15) is 0 Å². The van der Waals surface area contributed by atoms with Gasteiger partial charge in [0.25, 0.3) is 5.91 Å². The Balaban J connectivity index is 1.67. The first-order chi connectivity index (χ1) is 12.5. The van der Waals surface area contributed by atoms with Crippen LogP contribution in [-0.4, -0.2) is 17.4 Å². The van der Waals surface area contributed by atoms with Crippen molar-refractivity contribution in [1.82, 2.24) is 10.3 Å². The molecule has 0 saturated heterocycles. The van der Waals surface area contributed by atoms with Crippen LogP contribution < -0.4 is 10.0 Å². The molecule has 0 radical (unpaired) electrons. The number of rotatable bonds is 6. The third kappa shape index (κ3) is 4.29. The fourth-order valence-corrected chi connectivity index (χ4v) is 3.67. The molecular formula is C19H19Cl2N3OS. The number of benzene rings is 2. The molecule has 0 aliphatic heterocycles. The van der Waals surface area contributed by atoms with E-state index in [0.29, 0.717) is 28.1 Å². The average Bonchev–Trinajstić information content (AvgIpc) is 3.02. The van der Waals surface area contributed by atoms with Gasteiger partial charge in [-0.1, -0.05) is 37.0 Å². The second kappa shape index (κ2) is 8.25. The Morgan fingerprint density at radius 3 is 2.54 bits per heavy atom. The Kier molecular flexibility index (Phi) is 6.01. The molecule has 1 amide bonds. The number of hydrogen-bond donors (Lipinski definition) is 3. The molecule has 3 N–H and O–H groups in total. The van der Waals surface area contributed by atoms with Gasteiger partial charge in [-0.2, -0.15) is 0 Å². The maximum Gasteiger partial charge on any atom is 0.251 e. The third-order valence-corrected chi connectivity index (χ3v) is 5.25. The van der Waals surface area contributed by atoms with Gasteiger partial charge in [0, 0.05) is 28.6 Å². The summed E-state index contributed by atoms with van der Waals surface area (Å²) in [4.78, 5) is 16.2. The quantitative estimate of drug-likeness (QED) is 0.440. The molecule has 2 aromatic carbocycles. The minimum absolute atomic E-state index is 0.0522. The second-order valence-electron chi connectivity index (χ2n) is 6.31. The summed E-state index contributed by atoms with van der Waals surface area (Å²) < 4.78 is 3.30. The van der Waals surface area contributed by atoms with Crippen LogP contribution in [0.1, 0.15) is 24.2 Å². The minimum Gasteiger partial charge on any atom is -0.358 e. The van der Waals surface area contributed by atoms with Crippen LogP contribution in [0.5, 0.6) is 0 Å². The minimum atomic E-state index is -0.0522. The van der Waals surface area contributed by atoms with Crippen LogP contribution in [0.15, 0.2) is 47.5 Å². The van der Waals surface area contributed by atoms with E-state index in [9.17, 15) is 4.79 Å². The van der Waals surface area contributed by atoms with Gasteiger partial charge >= 0.3 is 0 Å². The molecule has 0 spiro atoms. The number of carbonyl (C=O) groups is 1. The molecule has 0 aliphatic rings. The maximum absolute atomic E-state index is 12.1. The predicted molar refractivity (Wildman–Crippen MR) is 111 cm³/mol. The number of aromatic nitrogens is 1. The summed E-state index contributed by atoms with van der Waals surface area (Å²) in [6.45, 7) is 4.80. The Hall–Kier alpha value is -1.82. The van der Waals surface area contributed by atoms with E-state index in [1.54, 1.807) is 6.20 Å². The van der Waals surface area contributed by atoms with Gasteiger partial charge in [-0.05, 0) is 54.3 Å². The number of nitrogens with one attached hydrogen (secondary N) is 3. The van der Waals surface area contributed by atoms with Gasteiger partial charge in [0.05, 0.1) is 21.2 Å². The monoisotopic (exact) mass is 407 g/mol. The molecule has 0 fully saturated rings. The highest BCUT2D eigenvalue weighted by Gasteiger charge is 2.11. The van der Waals surface area contributed by atoms with Crippen molar-refractivity contribution in [3.05, 3.63) is 58.2 Å². The highest BCUT2D eigenvalue weighted by Crippen LogP contribution is 2.36. The van der Waals surface area contributed by atoms with E-state index in [2.05, 4.69) is 28.9 Å². The molecule has 3 rings (SSSR count). The highest BCUT2D eigenvalue weighted by atomic mass is 35.5. The molecule has 1 heterocycles. The average molecular weight is 408 g/mol. The normalized spacial score (nSPS) is 11.1. The molecule has 3 aromatic rings. The number of amides is 1. The fourth-order valence-electron chi connectivity index (χ4n) is 2.44. The standard InChI is InChI=1S/C19H19Cl2N3OS/c1-11(2)9-23-19(25)12-3-5-13(6-4-12)26-24-16-8-7-14(20)17-15(21)10-22-18(16)17/h3-8,10-11,22,24H,9H2,1-2H3,(H,23,25). The first kappa shape index (κ1) is 19.0. The summed E-state index contributed by atoms with van der Waals surface area (Å²) in [7, 11) is 0. The molecule has 7 heteroatoms. The lowest BCUT2D eigenvalue weighted by atomic mass is 10.2. The number of aromatic amines is 1. The number of hydrogen-bond acceptors (Lipinski definition) is 3. The highest BCUT2D eigenvalue weighted by molar-refractivity contribution is 8.00. The Bertz CT molecular complexity index is 922. The molecule has 0 saturated carbocycles. The summed E-state index contributed by atoms with van der Waals surface area (Å²) in [5, 5.41) is 4.92. The largest absolute Gasteiger partial charge is 0.358 e. The van der Waals surface area contributed by atoms with E-state index in [1.807, 2.05) is 36.4 Å². The van der Waals surface area contributed by atoms with Crippen LogP contribution in [0, 0.1) is 5.92 Å². The van der Waals surface area contributed by atoms with E-state index in [-0.39, 0.29) is 5.91 Å². The summed E-state index contributed by atoms with van der Waals surface area (Å²) >= 11 is 13.8. The van der Waals surface area contributed by atoms with Crippen LogP contribution >= 0.6 is 35.1 Å². The van der Waals surface area contributed by atoms with Crippen LogP contribution in [0.25, 0.3) is 10.9 Å². The molecule has 1 aromatic heterocycles. The lowest BCUT2D eigenvalue weighted by molar-refractivity contribution is 0.0949. The number of fused-ring (bicyclic) bond motifs is 1. The van der Waals surface area contributed by atoms with Gasteiger partial charge in [0.2, 0.25) is 0 Å². The summed E-state index contributed by atoms with van der Waals surface area (Å²) in [6, 6.07) is 11.2. The topological polar surface area (TPSA) is 56.9 Å². The number of halogens is 2. The van der Waals surface area contributed by atoms with Gasteiger partial charge < -0.3 is 15.0 Å². The van der Waals surface area contributed by atoms with Crippen LogP contribution in [0.2, 0.25) is 10.0 Å². The number of carbonyl (C=O) groups excluding carboxylic acids is 1. The van der Waals surface area contributed by atoms with E-state index in [0.717, 1.165) is 21.5 Å². The molecular weight excluding hydrogens is 389 g/mol. The zero-order valence-electron chi connectivity index (χ0n) is 14.4. The van der Waals surface area contributed by atoms with Crippen LogP contribution in [-0.2, 0) is 0 Å². The smallest absolute Gasteiger partial charge is 0.251 e. The van der Waals surface area contributed by atoms with Crippen molar-refractivity contribution < 1.29 is 4.79 Å². The van der Waals surface area contributed by atoms with Gasteiger partial charge in [0.15, 0.2) is 0 Å². The SMILES string of the molecule is CC(C)CNC(=O)c1ccc(SNc2ccc(Cl)c3c(Cl)c[nH]c23)cc1. The molecule has 0 aliphatic carbocycles. The van der Waals surface area contributed by atoms with Crippen molar-refractivity contribution in [2.24, 2.45) is 5.92 Å². The van der Waals surface area contributed by atoms with Crippen molar-refractivity contribution >= 4 is 57.6 Å². The number of anilines is 1. The fraction of sp³-hybridized carbons (Fsp3) is 0.211. The Labute approximate surface area is 166 Å². The second-order valence-corrected chi connectivity index (χ2v) is 8.01. The van der Waals surface area contributed by atoms with E-state index in [1.165, 1.54) is 11.9 Å². The third-order valence-electron chi connectivity index (χ3n) is 3.80. The molecule has 4 nitrogen and oxygen atoms in total. The molecule has 26 heavy (non-hydrogen) atoms. The first-order valence-corrected chi connectivity index (χ1v) is 9.79. The van der Waals surface area contributed by atoms with E-state index in [4.69, 9.17) is 23.2 Å². The predicted octanol–water partition coefficient (Wildman–Crippen LogP) is 5.98. The Morgan fingerprint density at radius 2 is 1.85 bits per heavy atom. The molecule has 136 valence electrons. The Morgan fingerprint density at radius 1 is 1.12 bits per heavy atom. The molecule has 0 atom stereocenters. The molecule has 0 unspecified atom stereocenters. The lowest BCUT2D eigenvalue weighted by Crippen LogP contribution is -2.27. The van der Waals surface area contributed by atoms with E-state index >= 15 is 0 Å². The van der Waals surface area contributed by atoms with Gasteiger partial charge in [-0.15, -0.1) is 0 Å². The van der Waals surface area contributed by atoms with Crippen LogP contribution in [0.3, 0.4) is 0 Å². The summed E-state index contributed by atoms with van der Waals surface area (Å²) in [6.07, 6.45) is 1.72.